The first-order chi connectivity index (χ1) is 11.9. The van der Waals surface area contributed by atoms with Gasteiger partial charge in [-0.2, -0.15) is 0 Å². The van der Waals surface area contributed by atoms with E-state index in [0.29, 0.717) is 6.54 Å². The Bertz CT molecular complexity index is 443. The topological polar surface area (TPSA) is 69.2 Å². The Morgan fingerprint density at radius 3 is 2.42 bits per heavy atom. The molecule has 1 aliphatic heterocycles. The zero-order valence-electron chi connectivity index (χ0n) is 16.7. The van der Waals surface area contributed by atoms with E-state index in [1.165, 1.54) is 0 Å². The van der Waals surface area contributed by atoms with Crippen molar-refractivity contribution in [2.75, 3.05) is 52.4 Å². The van der Waals surface area contributed by atoms with Gasteiger partial charge in [0.2, 0.25) is 0 Å². The van der Waals surface area contributed by atoms with Crippen molar-refractivity contribution >= 4 is 36.0 Å². The number of nitrogens with zero attached hydrogens (tertiary/aromatic N) is 3. The summed E-state index contributed by atoms with van der Waals surface area (Å²) in [4.78, 5) is 20.8. The molecule has 1 amide bonds. The molecule has 7 nitrogen and oxygen atoms in total. The van der Waals surface area contributed by atoms with Crippen LogP contribution in [0.2, 0.25) is 0 Å². The molecule has 0 aliphatic carbocycles. The fourth-order valence-corrected chi connectivity index (χ4v) is 2.48. The summed E-state index contributed by atoms with van der Waals surface area (Å²) in [5.74, 6) is 0.831. The fourth-order valence-electron chi connectivity index (χ4n) is 2.48. The van der Waals surface area contributed by atoms with Gasteiger partial charge in [-0.1, -0.05) is 6.08 Å². The number of guanidine groups is 1. The van der Waals surface area contributed by atoms with E-state index in [4.69, 9.17) is 4.74 Å². The van der Waals surface area contributed by atoms with Crippen LogP contribution in [0.4, 0.5) is 4.79 Å². The number of carbonyl (C=O) groups is 1. The molecule has 1 fully saturated rings. The molecule has 152 valence electrons. The molecule has 0 saturated carbocycles. The van der Waals surface area contributed by atoms with Crippen LogP contribution in [0.3, 0.4) is 0 Å². The molecular formula is C18H36IN5O2. The first-order valence-electron chi connectivity index (χ1n) is 9.19. The highest BCUT2D eigenvalue weighted by molar-refractivity contribution is 14.0. The predicted molar refractivity (Wildman–Crippen MR) is 118 cm³/mol. The highest BCUT2D eigenvalue weighted by atomic mass is 127. The van der Waals surface area contributed by atoms with E-state index in [9.17, 15) is 4.79 Å². The van der Waals surface area contributed by atoms with Crippen molar-refractivity contribution in [3.63, 3.8) is 0 Å². The van der Waals surface area contributed by atoms with Crippen LogP contribution in [-0.4, -0.2) is 79.8 Å². The van der Waals surface area contributed by atoms with Crippen LogP contribution in [0, 0.1) is 0 Å². The van der Waals surface area contributed by atoms with Gasteiger partial charge in [-0.05, 0) is 34.1 Å². The van der Waals surface area contributed by atoms with Gasteiger partial charge in [-0.15, -0.1) is 30.6 Å². The summed E-state index contributed by atoms with van der Waals surface area (Å²) in [5.41, 5.74) is -0.434. The van der Waals surface area contributed by atoms with E-state index in [1.54, 1.807) is 4.90 Å². The largest absolute Gasteiger partial charge is 0.444 e. The monoisotopic (exact) mass is 481 g/mol. The van der Waals surface area contributed by atoms with Crippen LogP contribution in [0.1, 0.15) is 34.1 Å². The third-order valence-corrected chi connectivity index (χ3v) is 3.68. The molecule has 0 spiro atoms. The van der Waals surface area contributed by atoms with Gasteiger partial charge in [0.05, 0.1) is 0 Å². The average molecular weight is 481 g/mol. The number of aliphatic imine (C=N–C) groups is 1. The second kappa shape index (κ2) is 13.2. The molecular weight excluding hydrogens is 445 g/mol. The number of piperazine rings is 1. The summed E-state index contributed by atoms with van der Waals surface area (Å²) in [5, 5.41) is 6.41. The van der Waals surface area contributed by atoms with E-state index >= 15 is 0 Å². The van der Waals surface area contributed by atoms with Gasteiger partial charge in [-0.3, -0.25) is 9.89 Å². The summed E-state index contributed by atoms with van der Waals surface area (Å²) in [7, 11) is 0. The number of ether oxygens (including phenoxy) is 1. The lowest BCUT2D eigenvalue weighted by molar-refractivity contribution is 0.0145. The molecule has 1 heterocycles. The quantitative estimate of drug-likeness (QED) is 0.192. The number of hydrogen-bond acceptors (Lipinski definition) is 4. The van der Waals surface area contributed by atoms with Crippen LogP contribution in [-0.2, 0) is 4.74 Å². The Labute approximate surface area is 175 Å². The SMILES string of the molecule is C=CCNC(=NCCCN1CCN(C(=O)OC(C)(C)C)CC1)NCC.I. The summed E-state index contributed by atoms with van der Waals surface area (Å²) in [6.45, 7) is 18.0. The van der Waals surface area contributed by atoms with Crippen LogP contribution in [0.15, 0.2) is 17.6 Å². The Kier molecular flexibility index (Phi) is 12.7. The van der Waals surface area contributed by atoms with Crippen LogP contribution < -0.4 is 10.6 Å². The number of carbonyl (C=O) groups excluding carboxylic acids is 1. The molecule has 0 aromatic rings. The van der Waals surface area contributed by atoms with Gasteiger partial charge >= 0.3 is 6.09 Å². The van der Waals surface area contributed by atoms with Crippen molar-refractivity contribution < 1.29 is 9.53 Å². The van der Waals surface area contributed by atoms with Crippen molar-refractivity contribution in [1.82, 2.24) is 20.4 Å². The molecule has 0 atom stereocenters. The van der Waals surface area contributed by atoms with E-state index in [-0.39, 0.29) is 30.1 Å². The zero-order chi connectivity index (χ0) is 18.7. The number of hydrogen-bond donors (Lipinski definition) is 2. The third kappa shape index (κ3) is 10.8. The van der Waals surface area contributed by atoms with E-state index in [0.717, 1.165) is 58.2 Å². The first kappa shape index (κ1) is 25.0. The molecule has 0 aromatic carbocycles. The van der Waals surface area contributed by atoms with E-state index < -0.39 is 5.60 Å². The Morgan fingerprint density at radius 2 is 1.88 bits per heavy atom. The predicted octanol–water partition coefficient (Wildman–Crippen LogP) is 2.29. The van der Waals surface area contributed by atoms with Crippen molar-refractivity contribution in [3.05, 3.63) is 12.7 Å². The highest BCUT2D eigenvalue weighted by Gasteiger charge is 2.25. The average Bonchev–Trinajstić information content (AvgIpc) is 2.55. The summed E-state index contributed by atoms with van der Waals surface area (Å²) < 4.78 is 5.42. The number of amides is 1. The van der Waals surface area contributed by atoms with Crippen LogP contribution in [0.25, 0.3) is 0 Å². The normalized spacial score (nSPS) is 15.8. The molecule has 0 aromatic heterocycles. The van der Waals surface area contributed by atoms with Gasteiger partial charge in [-0.25, -0.2) is 4.79 Å². The summed E-state index contributed by atoms with van der Waals surface area (Å²) in [6.07, 6.45) is 2.61. The van der Waals surface area contributed by atoms with Crippen LogP contribution >= 0.6 is 24.0 Å². The van der Waals surface area contributed by atoms with Gasteiger partial charge in [0.15, 0.2) is 5.96 Å². The number of nitrogens with one attached hydrogen (secondary N) is 2. The molecule has 0 radical (unpaired) electrons. The second-order valence-corrected chi connectivity index (χ2v) is 7.09. The second-order valence-electron chi connectivity index (χ2n) is 7.09. The molecule has 0 unspecified atom stereocenters. The van der Waals surface area contributed by atoms with E-state index in [2.05, 4.69) is 34.0 Å². The van der Waals surface area contributed by atoms with Crippen molar-refractivity contribution in [3.8, 4) is 0 Å². The molecule has 2 N–H and O–H groups in total. The molecule has 26 heavy (non-hydrogen) atoms. The van der Waals surface area contributed by atoms with Gasteiger partial charge in [0, 0.05) is 52.4 Å². The summed E-state index contributed by atoms with van der Waals surface area (Å²) in [6, 6.07) is 0. The van der Waals surface area contributed by atoms with Crippen molar-refractivity contribution in [1.29, 1.82) is 0 Å². The molecule has 0 bridgehead atoms. The lowest BCUT2D eigenvalue weighted by Gasteiger charge is -2.35. The number of halogens is 1. The third-order valence-electron chi connectivity index (χ3n) is 3.68. The van der Waals surface area contributed by atoms with E-state index in [1.807, 2.05) is 26.8 Å². The molecule has 1 rings (SSSR count). The van der Waals surface area contributed by atoms with Gasteiger partial charge in [0.1, 0.15) is 5.60 Å². The maximum atomic E-state index is 12.1. The maximum Gasteiger partial charge on any atom is 0.410 e. The minimum atomic E-state index is -0.434. The highest BCUT2D eigenvalue weighted by Crippen LogP contribution is 2.11. The van der Waals surface area contributed by atoms with Crippen LogP contribution in [0.5, 0.6) is 0 Å². The molecule has 1 aliphatic rings. The molecule has 8 heteroatoms. The first-order valence-corrected chi connectivity index (χ1v) is 9.19. The Balaban J connectivity index is 0.00000625. The minimum absolute atomic E-state index is 0. The van der Waals surface area contributed by atoms with Gasteiger partial charge < -0.3 is 20.3 Å². The molecule has 1 saturated heterocycles. The Hall–Kier alpha value is -1.03. The zero-order valence-corrected chi connectivity index (χ0v) is 19.0. The lowest BCUT2D eigenvalue weighted by Crippen LogP contribution is -2.50. The number of rotatable bonds is 7. The fraction of sp³-hybridized carbons (Fsp3) is 0.778. The van der Waals surface area contributed by atoms with Crippen molar-refractivity contribution in [2.24, 2.45) is 4.99 Å². The summed E-state index contributed by atoms with van der Waals surface area (Å²) >= 11 is 0. The van der Waals surface area contributed by atoms with Gasteiger partial charge in [0.25, 0.3) is 0 Å². The minimum Gasteiger partial charge on any atom is -0.444 e. The maximum absolute atomic E-state index is 12.1. The van der Waals surface area contributed by atoms with Crippen molar-refractivity contribution in [2.45, 2.75) is 39.7 Å². The lowest BCUT2D eigenvalue weighted by atomic mass is 10.2. The standard InChI is InChI=1S/C18H35N5O2.HI/c1-6-9-20-16(19-7-2)21-10-8-11-22-12-14-23(15-13-22)17(24)25-18(3,4)5;/h6H,1,7-15H2,2-5H3,(H2,19,20,21);1H. The Morgan fingerprint density at radius 1 is 1.23 bits per heavy atom. The smallest absolute Gasteiger partial charge is 0.410 e.